The largest absolute Gasteiger partial charge is 0.383 e. The van der Waals surface area contributed by atoms with Crippen LogP contribution in [0.15, 0.2) is 24.3 Å². The second-order valence-corrected chi connectivity index (χ2v) is 10.1. The Hall–Kier alpha value is -0.120. The summed E-state index contributed by atoms with van der Waals surface area (Å²) in [6.45, 7) is 2.39. The van der Waals surface area contributed by atoms with Gasteiger partial charge in [-0.3, -0.25) is 0 Å². The topological polar surface area (TPSA) is 20.2 Å². The van der Waals surface area contributed by atoms with Gasteiger partial charge in [-0.15, -0.1) is 23.5 Å². The summed E-state index contributed by atoms with van der Waals surface area (Å²) >= 11 is 4.00. The fourth-order valence-corrected chi connectivity index (χ4v) is 8.47. The summed E-state index contributed by atoms with van der Waals surface area (Å²) in [7, 11) is 0. The van der Waals surface area contributed by atoms with E-state index in [2.05, 4.69) is 31.2 Å². The van der Waals surface area contributed by atoms with Crippen molar-refractivity contribution < 1.29 is 5.11 Å². The van der Waals surface area contributed by atoms with E-state index in [4.69, 9.17) is 0 Å². The minimum atomic E-state index is -0.664. The van der Waals surface area contributed by atoms with Gasteiger partial charge in [0.25, 0.3) is 0 Å². The molecule has 3 aliphatic rings. The van der Waals surface area contributed by atoms with Crippen molar-refractivity contribution in [1.29, 1.82) is 0 Å². The Kier molecular flexibility index (Phi) is 4.03. The molecule has 0 spiro atoms. The molecule has 4 rings (SSSR count). The smallest absolute Gasteiger partial charge is 0.116 e. The molecular formula is C19H26OS2. The average Bonchev–Trinajstić information content (AvgIpc) is 2.57. The lowest BCUT2D eigenvalue weighted by molar-refractivity contribution is -0.129. The van der Waals surface area contributed by atoms with Crippen molar-refractivity contribution >= 4 is 23.5 Å². The molecule has 120 valence electrons. The van der Waals surface area contributed by atoms with Gasteiger partial charge in [-0.1, -0.05) is 44.0 Å². The van der Waals surface area contributed by atoms with Gasteiger partial charge in [-0.05, 0) is 54.2 Å². The van der Waals surface area contributed by atoms with E-state index in [-0.39, 0.29) is 5.41 Å². The van der Waals surface area contributed by atoms with E-state index in [0.29, 0.717) is 10.5 Å². The molecule has 0 radical (unpaired) electrons. The molecule has 1 heterocycles. The van der Waals surface area contributed by atoms with Crippen molar-refractivity contribution in [2.45, 2.75) is 55.6 Å². The van der Waals surface area contributed by atoms with E-state index in [1.165, 1.54) is 54.7 Å². The Balaban J connectivity index is 1.86. The van der Waals surface area contributed by atoms with Crippen LogP contribution in [-0.2, 0) is 12.0 Å². The molecule has 1 nitrogen and oxygen atoms in total. The standard InChI is InChI=1S/C19H26OS2/c1-18-10-5-4-8-15(18)13-14-7-2-3-9-16(14)19(18,20)17-21-11-6-12-22-17/h2-3,7,9,15,17,20H,4-6,8,10-13H2,1H3. The Morgan fingerprint density at radius 3 is 2.68 bits per heavy atom. The summed E-state index contributed by atoms with van der Waals surface area (Å²) in [4.78, 5) is 0. The van der Waals surface area contributed by atoms with Crippen molar-refractivity contribution in [3.05, 3.63) is 35.4 Å². The zero-order valence-corrected chi connectivity index (χ0v) is 15.0. The molecule has 1 saturated carbocycles. The highest BCUT2D eigenvalue weighted by molar-refractivity contribution is 8.17. The summed E-state index contributed by atoms with van der Waals surface area (Å²) < 4.78 is 0.299. The van der Waals surface area contributed by atoms with Crippen molar-refractivity contribution in [3.8, 4) is 0 Å². The van der Waals surface area contributed by atoms with Crippen LogP contribution in [0.2, 0.25) is 0 Å². The van der Waals surface area contributed by atoms with Crippen LogP contribution in [0.3, 0.4) is 0 Å². The molecule has 1 saturated heterocycles. The Bertz CT molecular complexity index is 554. The van der Waals surface area contributed by atoms with Crippen LogP contribution < -0.4 is 0 Å². The molecule has 1 aromatic carbocycles. The van der Waals surface area contributed by atoms with Gasteiger partial charge in [0.2, 0.25) is 0 Å². The maximum atomic E-state index is 12.2. The number of hydrogen-bond donors (Lipinski definition) is 1. The van der Waals surface area contributed by atoms with E-state index < -0.39 is 5.60 Å². The number of thioether (sulfide) groups is 2. The lowest BCUT2D eigenvalue weighted by atomic mass is 9.52. The molecule has 2 aliphatic carbocycles. The maximum Gasteiger partial charge on any atom is 0.116 e. The highest BCUT2D eigenvalue weighted by Gasteiger charge is 2.60. The third-order valence-corrected chi connectivity index (χ3v) is 9.49. The second-order valence-electron chi connectivity index (χ2n) is 7.41. The Labute approximate surface area is 142 Å². The third kappa shape index (κ3) is 2.12. The first-order chi connectivity index (χ1) is 10.7. The highest BCUT2D eigenvalue weighted by atomic mass is 32.2. The van der Waals surface area contributed by atoms with E-state index in [1.54, 1.807) is 0 Å². The van der Waals surface area contributed by atoms with Gasteiger partial charge in [0, 0.05) is 5.41 Å². The number of benzene rings is 1. The van der Waals surface area contributed by atoms with Crippen molar-refractivity contribution in [1.82, 2.24) is 0 Å². The summed E-state index contributed by atoms with van der Waals surface area (Å²) in [5, 5.41) is 12.2. The third-order valence-electron chi connectivity index (χ3n) is 6.33. The molecular weight excluding hydrogens is 308 g/mol. The van der Waals surface area contributed by atoms with E-state index in [0.717, 1.165) is 6.42 Å². The first kappa shape index (κ1) is 15.4. The molecule has 1 aliphatic heterocycles. The van der Waals surface area contributed by atoms with Crippen LogP contribution in [0.25, 0.3) is 0 Å². The van der Waals surface area contributed by atoms with Gasteiger partial charge >= 0.3 is 0 Å². The van der Waals surface area contributed by atoms with Crippen molar-refractivity contribution in [2.75, 3.05) is 11.5 Å². The highest BCUT2D eigenvalue weighted by Crippen LogP contribution is 2.62. The van der Waals surface area contributed by atoms with E-state index >= 15 is 0 Å². The summed E-state index contributed by atoms with van der Waals surface area (Å²) in [5.41, 5.74) is 2.02. The molecule has 3 unspecified atom stereocenters. The fraction of sp³-hybridized carbons (Fsp3) is 0.684. The SMILES string of the molecule is CC12CCCCC1Cc1ccccc1C2(O)C1SCCCS1. The Morgan fingerprint density at radius 2 is 1.86 bits per heavy atom. The van der Waals surface area contributed by atoms with Gasteiger partial charge in [0.15, 0.2) is 0 Å². The van der Waals surface area contributed by atoms with Crippen LogP contribution in [-0.4, -0.2) is 21.2 Å². The van der Waals surface area contributed by atoms with Crippen LogP contribution in [0.5, 0.6) is 0 Å². The lowest BCUT2D eigenvalue weighted by Gasteiger charge is -2.59. The minimum absolute atomic E-state index is 0.0433. The van der Waals surface area contributed by atoms with Crippen LogP contribution in [0.1, 0.15) is 50.2 Å². The van der Waals surface area contributed by atoms with Gasteiger partial charge in [-0.25, -0.2) is 0 Å². The van der Waals surface area contributed by atoms with E-state index in [9.17, 15) is 5.11 Å². The summed E-state index contributed by atoms with van der Waals surface area (Å²) in [6.07, 6.45) is 7.53. The zero-order valence-electron chi connectivity index (χ0n) is 13.4. The van der Waals surface area contributed by atoms with Crippen LogP contribution in [0.4, 0.5) is 0 Å². The van der Waals surface area contributed by atoms with Gasteiger partial charge in [-0.2, -0.15) is 0 Å². The monoisotopic (exact) mass is 334 g/mol. The number of aliphatic hydroxyl groups is 1. The number of fused-ring (bicyclic) bond motifs is 2. The first-order valence-electron chi connectivity index (χ1n) is 8.70. The fourth-order valence-electron chi connectivity index (χ4n) is 5.00. The van der Waals surface area contributed by atoms with Crippen LogP contribution >= 0.6 is 23.5 Å². The summed E-state index contributed by atoms with van der Waals surface area (Å²) in [5.74, 6) is 3.04. The van der Waals surface area contributed by atoms with Crippen molar-refractivity contribution in [2.24, 2.45) is 11.3 Å². The van der Waals surface area contributed by atoms with Gasteiger partial charge in [0.05, 0.1) is 4.58 Å². The van der Waals surface area contributed by atoms with Crippen molar-refractivity contribution in [3.63, 3.8) is 0 Å². The van der Waals surface area contributed by atoms with Gasteiger partial charge < -0.3 is 5.11 Å². The molecule has 2 fully saturated rings. The first-order valence-corrected chi connectivity index (χ1v) is 10.8. The normalized spacial score (nSPS) is 39.1. The number of rotatable bonds is 1. The summed E-state index contributed by atoms with van der Waals surface area (Å²) in [6, 6.07) is 8.73. The molecule has 0 bridgehead atoms. The minimum Gasteiger partial charge on any atom is -0.383 e. The second kappa shape index (κ2) is 5.75. The number of hydrogen-bond acceptors (Lipinski definition) is 3. The predicted molar refractivity (Wildman–Crippen MR) is 97.4 cm³/mol. The lowest BCUT2D eigenvalue weighted by Crippen LogP contribution is -2.58. The van der Waals surface area contributed by atoms with E-state index in [1.807, 2.05) is 23.5 Å². The molecule has 3 heteroatoms. The van der Waals surface area contributed by atoms with Gasteiger partial charge in [0.1, 0.15) is 5.60 Å². The van der Waals surface area contributed by atoms with Crippen LogP contribution in [0, 0.1) is 11.3 Å². The zero-order chi connectivity index (χ0) is 15.2. The Morgan fingerprint density at radius 1 is 1.09 bits per heavy atom. The molecule has 3 atom stereocenters. The average molecular weight is 335 g/mol. The molecule has 0 amide bonds. The quantitative estimate of drug-likeness (QED) is 0.795. The molecule has 0 aromatic heterocycles. The molecule has 22 heavy (non-hydrogen) atoms. The molecule has 1 aromatic rings. The maximum absolute atomic E-state index is 12.2. The molecule has 1 N–H and O–H groups in total. The predicted octanol–water partition coefficient (Wildman–Crippen LogP) is 4.82.